The van der Waals surface area contributed by atoms with E-state index < -0.39 is 4.92 Å². The van der Waals surface area contributed by atoms with Gasteiger partial charge in [0.15, 0.2) is 0 Å². The minimum absolute atomic E-state index is 0.0678. The van der Waals surface area contributed by atoms with Gasteiger partial charge in [-0.2, -0.15) is 0 Å². The first kappa shape index (κ1) is 16.4. The van der Waals surface area contributed by atoms with Crippen LogP contribution in [0.2, 0.25) is 0 Å². The van der Waals surface area contributed by atoms with E-state index in [1.165, 1.54) is 12.1 Å². The van der Waals surface area contributed by atoms with Crippen LogP contribution in [0.25, 0.3) is 0 Å². The van der Waals surface area contributed by atoms with Crippen molar-refractivity contribution in [3.8, 4) is 0 Å². The molecule has 0 N–H and O–H groups in total. The normalized spacial score (nSPS) is 18.6. The predicted molar refractivity (Wildman–Crippen MR) is 87.9 cm³/mol. The summed E-state index contributed by atoms with van der Waals surface area (Å²) in [6.07, 6.45) is 4.01. The van der Waals surface area contributed by atoms with E-state index in [4.69, 9.17) is 0 Å². The number of benzene rings is 1. The van der Waals surface area contributed by atoms with Gasteiger partial charge in [0.1, 0.15) is 0 Å². The standard InChI is InChI=1S/C14H16Br2N2O3/c15-5-4-12-3-1-2-6-17(12)14(19)10-7-11(16)9-13(8-10)18(20)21/h7-9,12H,1-6H2. The average Bonchev–Trinajstić information content (AvgIpc) is 2.47. The fourth-order valence-electron chi connectivity index (χ4n) is 2.66. The highest BCUT2D eigenvalue weighted by Gasteiger charge is 2.28. The van der Waals surface area contributed by atoms with Gasteiger partial charge in [0.25, 0.3) is 11.6 Å². The van der Waals surface area contributed by atoms with Gasteiger partial charge in [-0.1, -0.05) is 31.9 Å². The molecule has 21 heavy (non-hydrogen) atoms. The van der Waals surface area contributed by atoms with Crippen LogP contribution in [0, 0.1) is 10.1 Å². The van der Waals surface area contributed by atoms with Crippen molar-refractivity contribution in [2.24, 2.45) is 0 Å². The molecule has 7 heteroatoms. The highest BCUT2D eigenvalue weighted by atomic mass is 79.9. The van der Waals surface area contributed by atoms with E-state index in [-0.39, 0.29) is 17.6 Å². The van der Waals surface area contributed by atoms with Crippen LogP contribution >= 0.6 is 31.9 Å². The second-order valence-corrected chi connectivity index (χ2v) is 6.79. The number of nitro benzene ring substituents is 1. The zero-order chi connectivity index (χ0) is 15.4. The topological polar surface area (TPSA) is 63.4 Å². The number of nitro groups is 1. The van der Waals surface area contributed by atoms with E-state index in [1.54, 1.807) is 6.07 Å². The Morgan fingerprint density at radius 3 is 2.81 bits per heavy atom. The average molecular weight is 420 g/mol. The third-order valence-corrected chi connectivity index (χ3v) is 4.59. The van der Waals surface area contributed by atoms with Crippen molar-refractivity contribution in [2.75, 3.05) is 11.9 Å². The van der Waals surface area contributed by atoms with Crippen molar-refractivity contribution in [3.63, 3.8) is 0 Å². The third-order valence-electron chi connectivity index (χ3n) is 3.67. The summed E-state index contributed by atoms with van der Waals surface area (Å²) in [6, 6.07) is 4.62. The van der Waals surface area contributed by atoms with Gasteiger partial charge in [-0.05, 0) is 31.7 Å². The number of amides is 1. The Bertz CT molecular complexity index is 549. The van der Waals surface area contributed by atoms with Crippen LogP contribution in [0.3, 0.4) is 0 Å². The van der Waals surface area contributed by atoms with Gasteiger partial charge in [0.2, 0.25) is 0 Å². The molecule has 1 saturated heterocycles. The van der Waals surface area contributed by atoms with E-state index >= 15 is 0 Å². The van der Waals surface area contributed by atoms with Crippen LogP contribution in [0.1, 0.15) is 36.0 Å². The summed E-state index contributed by atoms with van der Waals surface area (Å²) < 4.78 is 0.550. The molecule has 5 nitrogen and oxygen atoms in total. The van der Waals surface area contributed by atoms with Gasteiger partial charge in [-0.15, -0.1) is 0 Å². The Kier molecular flexibility index (Phi) is 5.75. The minimum atomic E-state index is -0.478. The monoisotopic (exact) mass is 418 g/mol. The number of halogens is 2. The SMILES string of the molecule is O=C(c1cc(Br)cc([N+](=O)[O-])c1)N1CCCCC1CCBr. The molecule has 1 aromatic carbocycles. The van der Waals surface area contributed by atoms with Crippen molar-refractivity contribution < 1.29 is 9.72 Å². The van der Waals surface area contributed by atoms with Gasteiger partial charge in [-0.3, -0.25) is 14.9 Å². The molecule has 1 heterocycles. The minimum Gasteiger partial charge on any atom is -0.336 e. The molecule has 0 spiro atoms. The fourth-order valence-corrected chi connectivity index (χ4v) is 3.67. The lowest BCUT2D eigenvalue weighted by atomic mass is 9.99. The maximum atomic E-state index is 12.7. The molecule has 1 aliphatic rings. The largest absolute Gasteiger partial charge is 0.336 e. The van der Waals surface area contributed by atoms with Crippen molar-refractivity contribution >= 4 is 43.5 Å². The molecule has 1 atom stereocenters. The van der Waals surface area contributed by atoms with Gasteiger partial charge >= 0.3 is 0 Å². The van der Waals surface area contributed by atoms with Crippen molar-refractivity contribution in [1.29, 1.82) is 0 Å². The van der Waals surface area contributed by atoms with Crippen LogP contribution in [-0.4, -0.2) is 33.6 Å². The highest BCUT2D eigenvalue weighted by molar-refractivity contribution is 9.10. The van der Waals surface area contributed by atoms with Crippen LogP contribution in [0.5, 0.6) is 0 Å². The molecule has 0 saturated carbocycles. The maximum Gasteiger partial charge on any atom is 0.271 e. The summed E-state index contributed by atoms with van der Waals surface area (Å²) in [6.45, 7) is 0.719. The first-order chi connectivity index (χ1) is 10.0. The fraction of sp³-hybridized carbons (Fsp3) is 0.500. The number of alkyl halides is 1. The van der Waals surface area contributed by atoms with E-state index in [2.05, 4.69) is 31.9 Å². The summed E-state index contributed by atoms with van der Waals surface area (Å²) in [5.74, 6) is -0.120. The van der Waals surface area contributed by atoms with E-state index in [1.807, 2.05) is 4.90 Å². The van der Waals surface area contributed by atoms with Gasteiger partial charge in [0.05, 0.1) is 4.92 Å². The second kappa shape index (κ2) is 7.35. The lowest BCUT2D eigenvalue weighted by molar-refractivity contribution is -0.385. The molecule has 1 fully saturated rings. The summed E-state index contributed by atoms with van der Waals surface area (Å²) in [5, 5.41) is 11.8. The number of piperidine rings is 1. The first-order valence-corrected chi connectivity index (χ1v) is 8.76. The maximum absolute atomic E-state index is 12.7. The highest BCUT2D eigenvalue weighted by Crippen LogP contribution is 2.26. The second-order valence-electron chi connectivity index (χ2n) is 5.08. The number of rotatable bonds is 4. The zero-order valence-corrected chi connectivity index (χ0v) is 14.6. The van der Waals surface area contributed by atoms with Gasteiger partial charge < -0.3 is 4.90 Å². The Balaban J connectivity index is 2.27. The van der Waals surface area contributed by atoms with Crippen molar-refractivity contribution in [3.05, 3.63) is 38.3 Å². The number of likely N-dealkylation sites (tertiary alicyclic amines) is 1. The lowest BCUT2D eigenvalue weighted by Gasteiger charge is -2.35. The zero-order valence-electron chi connectivity index (χ0n) is 11.4. The Morgan fingerprint density at radius 2 is 2.14 bits per heavy atom. The van der Waals surface area contributed by atoms with E-state index in [9.17, 15) is 14.9 Å². The number of nitrogens with zero attached hydrogens (tertiary/aromatic N) is 2. The van der Waals surface area contributed by atoms with E-state index in [0.29, 0.717) is 10.0 Å². The number of carbonyl (C=O) groups is 1. The molecule has 0 radical (unpaired) electrons. The summed E-state index contributed by atoms with van der Waals surface area (Å²) in [5.41, 5.74) is 0.305. The van der Waals surface area contributed by atoms with Crippen LogP contribution in [0.15, 0.2) is 22.7 Å². The third kappa shape index (κ3) is 4.03. The molecule has 2 rings (SSSR count). The van der Waals surface area contributed by atoms with E-state index in [0.717, 1.165) is 37.6 Å². The molecule has 1 aromatic rings. The van der Waals surface area contributed by atoms with Crippen molar-refractivity contribution in [1.82, 2.24) is 4.90 Å². The molecule has 0 aliphatic carbocycles. The van der Waals surface area contributed by atoms with Gasteiger partial charge in [-0.25, -0.2) is 0 Å². The molecular formula is C14H16Br2N2O3. The van der Waals surface area contributed by atoms with Crippen LogP contribution in [0.4, 0.5) is 5.69 Å². The number of hydrogen-bond acceptors (Lipinski definition) is 3. The molecule has 0 aromatic heterocycles. The van der Waals surface area contributed by atoms with Gasteiger partial charge in [0, 0.05) is 40.1 Å². The van der Waals surface area contributed by atoms with Crippen LogP contribution < -0.4 is 0 Å². The summed E-state index contributed by atoms with van der Waals surface area (Å²) >= 11 is 6.66. The summed E-state index contributed by atoms with van der Waals surface area (Å²) in [7, 11) is 0. The number of carbonyl (C=O) groups excluding carboxylic acids is 1. The predicted octanol–water partition coefficient (Wildman–Crippen LogP) is 4.14. The number of non-ortho nitro benzene ring substituents is 1. The molecule has 114 valence electrons. The quantitative estimate of drug-likeness (QED) is 0.418. The van der Waals surface area contributed by atoms with Crippen LogP contribution in [-0.2, 0) is 0 Å². The smallest absolute Gasteiger partial charge is 0.271 e. The lowest BCUT2D eigenvalue weighted by Crippen LogP contribution is -2.43. The van der Waals surface area contributed by atoms with Crippen molar-refractivity contribution in [2.45, 2.75) is 31.7 Å². The molecule has 1 amide bonds. The molecule has 1 unspecified atom stereocenters. The number of hydrogen-bond donors (Lipinski definition) is 0. The summed E-state index contributed by atoms with van der Waals surface area (Å²) in [4.78, 5) is 25.0. The molecule has 1 aliphatic heterocycles. The molecular weight excluding hydrogens is 404 g/mol. The Labute approximate surface area is 140 Å². The molecule has 0 bridgehead atoms. The Hall–Kier alpha value is -0.950. The Morgan fingerprint density at radius 1 is 1.38 bits per heavy atom. The first-order valence-electron chi connectivity index (χ1n) is 6.85.